The van der Waals surface area contributed by atoms with E-state index in [1.807, 2.05) is 6.92 Å². The summed E-state index contributed by atoms with van der Waals surface area (Å²) in [5.74, 6) is -0.157. The van der Waals surface area contributed by atoms with E-state index in [2.05, 4.69) is 15.3 Å². The van der Waals surface area contributed by atoms with Gasteiger partial charge in [0.25, 0.3) is 5.88 Å². The van der Waals surface area contributed by atoms with Gasteiger partial charge in [-0.1, -0.05) is 13.3 Å². The molecule has 0 fully saturated rings. The van der Waals surface area contributed by atoms with E-state index in [1.165, 1.54) is 0 Å². The third kappa shape index (κ3) is 2.83. The van der Waals surface area contributed by atoms with Crippen LogP contribution in [0.2, 0.25) is 0 Å². The molecule has 0 saturated heterocycles. The second-order valence-corrected chi connectivity index (χ2v) is 2.80. The van der Waals surface area contributed by atoms with Gasteiger partial charge in [-0.3, -0.25) is 0 Å². The van der Waals surface area contributed by atoms with E-state index in [-0.39, 0.29) is 5.88 Å². The molecule has 0 aliphatic heterocycles. The molecule has 0 unspecified atom stereocenters. The Morgan fingerprint density at radius 2 is 2.36 bits per heavy atom. The molecule has 78 valence electrons. The zero-order chi connectivity index (χ0) is 10.4. The molecule has 1 rings (SSSR count). The molecule has 0 spiro atoms. The Morgan fingerprint density at radius 3 is 3.00 bits per heavy atom. The molecule has 0 saturated carbocycles. The minimum absolute atomic E-state index is 0.0119. The maximum Gasteiger partial charge on any atom is 0.255 e. The van der Waals surface area contributed by atoms with E-state index >= 15 is 0 Å². The van der Waals surface area contributed by atoms with Crippen molar-refractivity contribution >= 4 is 5.95 Å². The Balaban J connectivity index is 2.64. The zero-order valence-electron chi connectivity index (χ0n) is 8.38. The molecule has 0 atom stereocenters. The summed E-state index contributed by atoms with van der Waals surface area (Å²) in [6.45, 7) is 2.52. The minimum Gasteiger partial charge on any atom is -0.475 e. The molecule has 0 bridgehead atoms. The number of halogens is 1. The highest BCUT2D eigenvalue weighted by molar-refractivity contribution is 5.27. The molecular formula is C9H14FN3O. The van der Waals surface area contributed by atoms with Crippen molar-refractivity contribution in [2.24, 2.45) is 0 Å². The van der Waals surface area contributed by atoms with E-state index in [0.29, 0.717) is 12.6 Å². The van der Waals surface area contributed by atoms with E-state index in [9.17, 15) is 4.39 Å². The molecule has 4 nitrogen and oxygen atoms in total. The molecule has 1 heterocycles. The van der Waals surface area contributed by atoms with Crippen LogP contribution in [0.25, 0.3) is 0 Å². The van der Waals surface area contributed by atoms with Gasteiger partial charge in [0, 0.05) is 7.05 Å². The summed E-state index contributed by atoms with van der Waals surface area (Å²) in [6, 6.07) is 0. The van der Waals surface area contributed by atoms with Crippen LogP contribution in [0.1, 0.15) is 19.8 Å². The van der Waals surface area contributed by atoms with Crippen LogP contribution in [0.4, 0.5) is 10.3 Å². The van der Waals surface area contributed by atoms with Crippen LogP contribution < -0.4 is 10.1 Å². The molecule has 5 heteroatoms. The number of hydrogen-bond acceptors (Lipinski definition) is 4. The van der Waals surface area contributed by atoms with Crippen LogP contribution in [0.3, 0.4) is 0 Å². The molecule has 1 N–H and O–H groups in total. The fourth-order valence-corrected chi connectivity index (χ4v) is 0.886. The molecular weight excluding hydrogens is 185 g/mol. The molecule has 0 aromatic carbocycles. The lowest BCUT2D eigenvalue weighted by Gasteiger charge is -2.06. The van der Waals surface area contributed by atoms with Gasteiger partial charge in [0.2, 0.25) is 11.8 Å². The third-order valence-corrected chi connectivity index (χ3v) is 1.67. The number of aromatic nitrogens is 2. The Bertz CT molecular complexity index is 293. The van der Waals surface area contributed by atoms with Crippen LogP contribution >= 0.6 is 0 Å². The molecule has 0 radical (unpaired) electrons. The van der Waals surface area contributed by atoms with E-state index < -0.39 is 5.82 Å². The molecule has 0 aliphatic rings. The summed E-state index contributed by atoms with van der Waals surface area (Å²) >= 11 is 0. The van der Waals surface area contributed by atoms with Crippen molar-refractivity contribution in [3.8, 4) is 5.88 Å². The Morgan fingerprint density at radius 1 is 1.57 bits per heavy atom. The van der Waals surface area contributed by atoms with Crippen molar-refractivity contribution in [2.75, 3.05) is 19.0 Å². The van der Waals surface area contributed by atoms with Crippen molar-refractivity contribution in [1.29, 1.82) is 0 Å². The van der Waals surface area contributed by atoms with Gasteiger partial charge in [0.15, 0.2) is 0 Å². The quantitative estimate of drug-likeness (QED) is 0.735. The summed E-state index contributed by atoms with van der Waals surface area (Å²) in [5, 5.41) is 2.72. The van der Waals surface area contributed by atoms with Gasteiger partial charge >= 0.3 is 0 Å². The number of hydrogen-bond donors (Lipinski definition) is 1. The smallest absolute Gasteiger partial charge is 0.255 e. The molecule has 0 aliphatic carbocycles. The first kappa shape index (κ1) is 10.7. The van der Waals surface area contributed by atoms with Crippen LogP contribution in [-0.2, 0) is 0 Å². The lowest BCUT2D eigenvalue weighted by Crippen LogP contribution is -2.04. The Hall–Kier alpha value is -1.39. The van der Waals surface area contributed by atoms with Gasteiger partial charge < -0.3 is 10.1 Å². The normalized spacial score (nSPS) is 9.93. The number of ether oxygens (including phenoxy) is 1. The van der Waals surface area contributed by atoms with Crippen molar-refractivity contribution in [2.45, 2.75) is 19.8 Å². The summed E-state index contributed by atoms with van der Waals surface area (Å²) in [6.07, 6.45) is 2.99. The van der Waals surface area contributed by atoms with Gasteiger partial charge in [-0.05, 0) is 6.42 Å². The topological polar surface area (TPSA) is 47.0 Å². The van der Waals surface area contributed by atoms with Crippen molar-refractivity contribution in [3.05, 3.63) is 12.0 Å². The summed E-state index contributed by atoms with van der Waals surface area (Å²) < 4.78 is 18.2. The number of nitrogens with zero attached hydrogens (tertiary/aromatic N) is 2. The van der Waals surface area contributed by atoms with Crippen LogP contribution in [0.15, 0.2) is 6.20 Å². The Labute approximate surface area is 82.5 Å². The average molecular weight is 199 g/mol. The average Bonchev–Trinajstić information content (AvgIpc) is 2.21. The van der Waals surface area contributed by atoms with Gasteiger partial charge in [0.1, 0.15) is 0 Å². The van der Waals surface area contributed by atoms with E-state index in [0.717, 1.165) is 19.0 Å². The lowest BCUT2D eigenvalue weighted by molar-refractivity contribution is 0.281. The maximum atomic E-state index is 13.1. The van der Waals surface area contributed by atoms with Crippen molar-refractivity contribution in [1.82, 2.24) is 9.97 Å². The molecule has 0 amide bonds. The summed E-state index contributed by atoms with van der Waals surface area (Å²) in [5.41, 5.74) is 0. The molecule has 1 aromatic heterocycles. The summed E-state index contributed by atoms with van der Waals surface area (Å²) in [7, 11) is 1.67. The first-order chi connectivity index (χ1) is 6.77. The fraction of sp³-hybridized carbons (Fsp3) is 0.556. The standard InChI is InChI=1S/C9H14FN3O/c1-3-4-5-14-8-7(10)6-12-9(11-2)13-8/h6H,3-5H2,1-2H3,(H,11,12,13). The fourth-order valence-electron chi connectivity index (χ4n) is 0.886. The Kier molecular flexibility index (Phi) is 4.10. The van der Waals surface area contributed by atoms with Gasteiger partial charge in [-0.25, -0.2) is 4.98 Å². The predicted octanol–water partition coefficient (Wildman–Crippen LogP) is 1.84. The predicted molar refractivity (Wildman–Crippen MR) is 51.9 cm³/mol. The van der Waals surface area contributed by atoms with Gasteiger partial charge in [0.05, 0.1) is 12.8 Å². The first-order valence-electron chi connectivity index (χ1n) is 4.61. The largest absolute Gasteiger partial charge is 0.475 e. The van der Waals surface area contributed by atoms with Crippen molar-refractivity contribution < 1.29 is 9.13 Å². The monoisotopic (exact) mass is 199 g/mol. The third-order valence-electron chi connectivity index (χ3n) is 1.67. The second kappa shape index (κ2) is 5.36. The SMILES string of the molecule is CCCCOc1nc(NC)ncc1F. The zero-order valence-corrected chi connectivity index (χ0v) is 8.38. The number of rotatable bonds is 5. The van der Waals surface area contributed by atoms with Crippen LogP contribution in [0.5, 0.6) is 5.88 Å². The van der Waals surface area contributed by atoms with E-state index in [4.69, 9.17) is 4.74 Å². The maximum absolute atomic E-state index is 13.1. The number of anilines is 1. The number of nitrogens with one attached hydrogen (secondary N) is 1. The second-order valence-electron chi connectivity index (χ2n) is 2.80. The first-order valence-corrected chi connectivity index (χ1v) is 4.61. The highest BCUT2D eigenvalue weighted by Crippen LogP contribution is 2.14. The molecule has 1 aromatic rings. The van der Waals surface area contributed by atoms with Gasteiger partial charge in [-0.15, -0.1) is 0 Å². The lowest BCUT2D eigenvalue weighted by atomic mass is 10.4. The molecule has 14 heavy (non-hydrogen) atoms. The summed E-state index contributed by atoms with van der Waals surface area (Å²) in [4.78, 5) is 7.55. The van der Waals surface area contributed by atoms with Crippen LogP contribution in [-0.4, -0.2) is 23.6 Å². The minimum atomic E-state index is -0.528. The van der Waals surface area contributed by atoms with Crippen LogP contribution in [0, 0.1) is 5.82 Å². The highest BCUT2D eigenvalue weighted by Gasteiger charge is 2.06. The van der Waals surface area contributed by atoms with Gasteiger partial charge in [-0.2, -0.15) is 9.37 Å². The van der Waals surface area contributed by atoms with E-state index in [1.54, 1.807) is 7.05 Å². The van der Waals surface area contributed by atoms with Crippen molar-refractivity contribution in [3.63, 3.8) is 0 Å². The number of unbranched alkanes of at least 4 members (excludes halogenated alkanes) is 1. The highest BCUT2D eigenvalue weighted by atomic mass is 19.1.